The largest absolute Gasteiger partial charge is 0.462 e. The number of Topliss-reactive ketones (excluding diaryl/α,β-unsaturated/α-hetero) is 1. The summed E-state index contributed by atoms with van der Waals surface area (Å²) in [6, 6.07) is 0.338. The van der Waals surface area contributed by atoms with Gasteiger partial charge in [0.15, 0.2) is 18.4 Å². The molecule has 0 spiro atoms. The number of rotatable bonds is 10. The lowest BCUT2D eigenvalue weighted by Crippen LogP contribution is -2.59. The third-order valence-corrected chi connectivity index (χ3v) is 13.5. The molecule has 3 aliphatic heterocycles. The number of hydrogen-bond acceptors (Lipinski definition) is 11. The number of cyclic esters (lactones) is 1. The van der Waals surface area contributed by atoms with Crippen molar-refractivity contribution in [1.82, 2.24) is 4.90 Å². The summed E-state index contributed by atoms with van der Waals surface area (Å²) in [5.41, 5.74) is 0.781. The number of carbonyl (C=O) groups is 2. The molecule has 53 heavy (non-hydrogen) atoms. The van der Waals surface area contributed by atoms with Crippen LogP contribution in [0.15, 0.2) is 23.8 Å². The number of methoxy groups -OCH3 is 3. The number of esters is 1. The smallest absolute Gasteiger partial charge is 0.306 e. The number of allylic oxidation sites excluding steroid dienone is 4. The minimum atomic E-state index is -0.594. The molecule has 0 aromatic rings. The molecule has 1 saturated carbocycles. The molecule has 6 aliphatic rings. The monoisotopic (exact) mass is 745 g/mol. The fourth-order valence-corrected chi connectivity index (χ4v) is 10.7. The second-order valence-corrected chi connectivity index (χ2v) is 16.7. The molecular formula is C42H67NO10. The quantitative estimate of drug-likeness (QED) is 0.198. The van der Waals surface area contributed by atoms with Crippen molar-refractivity contribution in [2.45, 2.75) is 159 Å². The van der Waals surface area contributed by atoms with Crippen LogP contribution in [0, 0.1) is 35.5 Å². The molecule has 3 saturated heterocycles. The summed E-state index contributed by atoms with van der Waals surface area (Å²) in [6.07, 6.45) is 11.6. The molecule has 3 heterocycles. The molecule has 17 atom stereocenters. The van der Waals surface area contributed by atoms with Crippen LogP contribution in [0.1, 0.15) is 91.9 Å². The van der Waals surface area contributed by atoms with E-state index in [0.717, 1.165) is 56.9 Å². The lowest BCUT2D eigenvalue weighted by molar-refractivity contribution is -0.314. The van der Waals surface area contributed by atoms with Gasteiger partial charge in [0, 0.05) is 39.2 Å². The summed E-state index contributed by atoms with van der Waals surface area (Å²) in [5.74, 6) is 0.112. The Balaban J connectivity index is 1.23. The average molecular weight is 746 g/mol. The van der Waals surface area contributed by atoms with E-state index >= 15 is 0 Å². The van der Waals surface area contributed by atoms with Gasteiger partial charge in [-0.1, -0.05) is 32.1 Å². The first-order chi connectivity index (χ1) is 25.5. The van der Waals surface area contributed by atoms with Crippen molar-refractivity contribution in [2.24, 2.45) is 35.5 Å². The Labute approximate surface area is 317 Å². The molecular weight excluding hydrogens is 678 g/mol. The number of hydrogen-bond donors (Lipinski definition) is 0. The van der Waals surface area contributed by atoms with E-state index in [1.54, 1.807) is 21.3 Å². The van der Waals surface area contributed by atoms with E-state index in [2.05, 4.69) is 58.0 Å². The van der Waals surface area contributed by atoms with Crippen molar-refractivity contribution in [3.05, 3.63) is 23.8 Å². The van der Waals surface area contributed by atoms with E-state index in [4.69, 9.17) is 37.9 Å². The lowest BCUT2D eigenvalue weighted by atomic mass is 9.70. The molecule has 0 unspecified atom stereocenters. The number of fused-ring (bicyclic) bond motifs is 5. The minimum absolute atomic E-state index is 0.0378. The van der Waals surface area contributed by atoms with Gasteiger partial charge in [0.05, 0.1) is 30.8 Å². The summed E-state index contributed by atoms with van der Waals surface area (Å²) in [7, 11) is 9.17. The summed E-state index contributed by atoms with van der Waals surface area (Å²) >= 11 is 0. The predicted octanol–water partition coefficient (Wildman–Crippen LogP) is 5.88. The van der Waals surface area contributed by atoms with Crippen molar-refractivity contribution in [3.8, 4) is 0 Å². The van der Waals surface area contributed by atoms with Gasteiger partial charge < -0.3 is 42.8 Å². The fraction of sp³-hybridized carbons (Fsp3) is 0.857. The maximum atomic E-state index is 14.9. The third kappa shape index (κ3) is 8.68. The average Bonchev–Trinajstić information content (AvgIpc) is 3.71. The zero-order valence-electron chi connectivity index (χ0n) is 33.6. The van der Waals surface area contributed by atoms with Crippen LogP contribution in [0.25, 0.3) is 0 Å². The van der Waals surface area contributed by atoms with Gasteiger partial charge in [-0.05, 0) is 115 Å². The van der Waals surface area contributed by atoms with Gasteiger partial charge in [-0.25, -0.2) is 0 Å². The van der Waals surface area contributed by atoms with Gasteiger partial charge >= 0.3 is 5.97 Å². The third-order valence-electron chi connectivity index (χ3n) is 13.5. The molecule has 3 aliphatic carbocycles. The van der Waals surface area contributed by atoms with Crippen molar-refractivity contribution in [3.63, 3.8) is 0 Å². The highest BCUT2D eigenvalue weighted by Gasteiger charge is 2.53. The second-order valence-electron chi connectivity index (χ2n) is 16.7. The lowest BCUT2D eigenvalue weighted by Gasteiger charge is -2.44. The van der Waals surface area contributed by atoms with Crippen LogP contribution < -0.4 is 0 Å². The van der Waals surface area contributed by atoms with Crippen LogP contribution >= 0.6 is 0 Å². The Morgan fingerprint density at radius 2 is 1.57 bits per heavy atom. The first kappa shape index (κ1) is 40.9. The van der Waals surface area contributed by atoms with Gasteiger partial charge in [0.1, 0.15) is 24.4 Å². The number of nitrogens with zero attached hydrogens (tertiary/aromatic N) is 1. The Kier molecular flexibility index (Phi) is 13.9. The van der Waals surface area contributed by atoms with E-state index in [9.17, 15) is 9.59 Å². The van der Waals surface area contributed by atoms with Gasteiger partial charge in [-0.15, -0.1) is 0 Å². The van der Waals surface area contributed by atoms with Crippen LogP contribution in [0.5, 0.6) is 0 Å². The number of carbonyl (C=O) groups excluding carboxylic acids is 2. The van der Waals surface area contributed by atoms with E-state index < -0.39 is 12.4 Å². The van der Waals surface area contributed by atoms with Gasteiger partial charge in [0.25, 0.3) is 0 Å². The van der Waals surface area contributed by atoms with E-state index in [0.29, 0.717) is 18.4 Å². The molecule has 0 N–H and O–H groups in total. The summed E-state index contributed by atoms with van der Waals surface area (Å²) in [5, 5.41) is 0. The molecule has 4 fully saturated rings. The number of ketones is 1. The molecule has 0 radical (unpaired) electrons. The Morgan fingerprint density at radius 3 is 2.23 bits per heavy atom. The Bertz CT molecular complexity index is 1300. The zero-order chi connectivity index (χ0) is 38.0. The molecule has 0 aromatic carbocycles. The summed E-state index contributed by atoms with van der Waals surface area (Å²) in [6.45, 7) is 8.26. The predicted molar refractivity (Wildman–Crippen MR) is 199 cm³/mol. The molecule has 0 aromatic heterocycles. The van der Waals surface area contributed by atoms with Crippen LogP contribution in [-0.4, -0.2) is 120 Å². The minimum Gasteiger partial charge on any atom is -0.462 e. The molecule has 11 heteroatoms. The van der Waals surface area contributed by atoms with Crippen molar-refractivity contribution in [2.75, 3.05) is 35.4 Å². The first-order valence-corrected chi connectivity index (χ1v) is 20.5. The van der Waals surface area contributed by atoms with Crippen LogP contribution in [-0.2, 0) is 47.5 Å². The van der Waals surface area contributed by atoms with Crippen molar-refractivity contribution >= 4 is 11.8 Å². The molecule has 6 rings (SSSR count). The number of likely N-dealkylation sites (N-methyl/N-ethyl adjacent to an activating group) is 1. The maximum absolute atomic E-state index is 14.9. The van der Waals surface area contributed by atoms with E-state index in [-0.39, 0.29) is 96.8 Å². The standard InChI is InChI=1S/C42H67NO10/c1-10-26-13-12-14-35(53-37-18-17-34(43(5)6)23(3)49-37)28(11-2)38(45)33-21-31-29(32(33)22-36(44)51-26)16-15-25-19-27(20-30(25)31)52-42-41(48-9)40(47-8)39(46-7)24(4)50-42/h15-16,21,23-32,34-35,37,39-42H,10-14,17-20,22H2,1-9H3/t23-,24+,25-,26+,27-,28-,29-,30-,31-,32+,34+,35+,37+,39+,40-,41-,42+/m1/s1. The molecule has 0 bridgehead atoms. The van der Waals surface area contributed by atoms with Crippen molar-refractivity contribution in [1.29, 1.82) is 0 Å². The van der Waals surface area contributed by atoms with Gasteiger partial charge in [0.2, 0.25) is 0 Å². The van der Waals surface area contributed by atoms with Crippen LogP contribution in [0.4, 0.5) is 0 Å². The highest BCUT2D eigenvalue weighted by atomic mass is 16.7. The molecule has 0 amide bonds. The Morgan fingerprint density at radius 1 is 0.811 bits per heavy atom. The number of ether oxygens (including phenoxy) is 8. The molecule has 11 nitrogen and oxygen atoms in total. The van der Waals surface area contributed by atoms with Crippen LogP contribution in [0.3, 0.4) is 0 Å². The Hall–Kier alpha value is -1.70. The highest BCUT2D eigenvalue weighted by Crippen LogP contribution is 2.54. The van der Waals surface area contributed by atoms with Crippen molar-refractivity contribution < 1.29 is 47.5 Å². The van der Waals surface area contributed by atoms with Gasteiger partial charge in [-0.2, -0.15) is 0 Å². The second kappa shape index (κ2) is 18.0. The van der Waals surface area contributed by atoms with Crippen LogP contribution in [0.2, 0.25) is 0 Å². The topological polar surface area (TPSA) is 111 Å². The summed E-state index contributed by atoms with van der Waals surface area (Å²) in [4.78, 5) is 30.7. The fourth-order valence-electron chi connectivity index (χ4n) is 10.7. The van der Waals surface area contributed by atoms with Gasteiger partial charge in [-0.3, -0.25) is 9.59 Å². The SMILES string of the molecule is CC[C@H]1CCC[C@H](O[C@H]2CC[C@H](N(C)C)[C@@H](C)O2)[C@@H](CC)C(=O)C2=C[C@@H]3[C@@H](C=C[C@@H]4C[C@@H](O[C@@H]5O[C@@H](C)[C@H](OC)[C@@H](OC)[C@H]5OC)C[C@@H]34)[C@@H]2CC(=O)O1. The zero-order valence-corrected chi connectivity index (χ0v) is 33.6. The van der Waals surface area contributed by atoms with E-state index in [1.807, 2.05) is 6.92 Å². The summed E-state index contributed by atoms with van der Waals surface area (Å²) < 4.78 is 49.8. The van der Waals surface area contributed by atoms with E-state index in [1.165, 1.54) is 0 Å². The molecule has 300 valence electrons. The normalized spacial score (nSPS) is 45.1. The first-order valence-electron chi connectivity index (χ1n) is 20.5. The maximum Gasteiger partial charge on any atom is 0.306 e. The highest BCUT2D eigenvalue weighted by molar-refractivity contribution is 5.99.